The fourth-order valence-electron chi connectivity index (χ4n) is 2.25. The van der Waals surface area contributed by atoms with E-state index in [1.54, 1.807) is 13.0 Å². The lowest BCUT2D eigenvalue weighted by Crippen LogP contribution is -2.64. The first-order valence-electron chi connectivity index (χ1n) is 6.30. The third-order valence-corrected chi connectivity index (χ3v) is 6.77. The van der Waals surface area contributed by atoms with Gasteiger partial charge in [-0.25, -0.2) is 13.1 Å². The fraction of sp³-hybridized carbons (Fsp3) is 0.538. The Bertz CT molecular complexity index is 644. The molecule has 2 rings (SSSR count). The number of sulfonamides is 1. The van der Waals surface area contributed by atoms with Crippen LogP contribution in [0.5, 0.6) is 0 Å². The molecule has 1 aliphatic rings. The Morgan fingerprint density at radius 2 is 1.90 bits per heavy atom. The van der Waals surface area contributed by atoms with Crippen LogP contribution < -0.4 is 10.5 Å². The van der Waals surface area contributed by atoms with Crippen molar-refractivity contribution < 1.29 is 8.42 Å². The molecule has 7 heteroatoms. The number of aryl methyl sites for hydroxylation is 1. The maximum Gasteiger partial charge on any atom is 0.242 e. The van der Waals surface area contributed by atoms with Crippen LogP contribution in [-0.2, 0) is 10.0 Å². The van der Waals surface area contributed by atoms with Gasteiger partial charge < -0.3 is 5.73 Å². The van der Waals surface area contributed by atoms with Gasteiger partial charge in [0, 0.05) is 12.1 Å². The number of hydrogen-bond donors (Lipinski definition) is 2. The van der Waals surface area contributed by atoms with Gasteiger partial charge >= 0.3 is 0 Å². The van der Waals surface area contributed by atoms with Gasteiger partial charge in [0.15, 0.2) is 0 Å². The van der Waals surface area contributed by atoms with Crippen molar-refractivity contribution in [3.8, 4) is 0 Å². The van der Waals surface area contributed by atoms with Crippen LogP contribution >= 0.6 is 23.2 Å². The molecule has 2 unspecified atom stereocenters. The minimum absolute atomic E-state index is 0.00559. The van der Waals surface area contributed by atoms with Crippen molar-refractivity contribution in [2.75, 3.05) is 0 Å². The lowest BCUT2D eigenvalue weighted by Gasteiger charge is -2.50. The summed E-state index contributed by atoms with van der Waals surface area (Å²) in [4.78, 5) is 0.00559. The molecule has 0 amide bonds. The van der Waals surface area contributed by atoms with E-state index in [1.165, 1.54) is 6.07 Å². The summed E-state index contributed by atoms with van der Waals surface area (Å²) in [6, 6.07) is 2.91. The average molecular weight is 337 g/mol. The third-order valence-electron chi connectivity index (χ3n) is 4.17. The van der Waals surface area contributed by atoms with Crippen molar-refractivity contribution >= 4 is 33.2 Å². The second-order valence-corrected chi connectivity index (χ2v) is 8.28. The summed E-state index contributed by atoms with van der Waals surface area (Å²) in [6.45, 7) is 5.66. The molecular weight excluding hydrogens is 319 g/mol. The largest absolute Gasteiger partial charge is 0.327 e. The summed E-state index contributed by atoms with van der Waals surface area (Å²) >= 11 is 12.1. The van der Waals surface area contributed by atoms with Crippen LogP contribution in [0.2, 0.25) is 10.0 Å². The molecule has 0 spiro atoms. The Morgan fingerprint density at radius 3 is 2.40 bits per heavy atom. The average Bonchev–Trinajstić information content (AvgIpc) is 2.35. The van der Waals surface area contributed by atoms with Crippen LogP contribution in [0.25, 0.3) is 0 Å². The van der Waals surface area contributed by atoms with Gasteiger partial charge in [0.2, 0.25) is 10.0 Å². The molecule has 0 bridgehead atoms. The van der Waals surface area contributed by atoms with E-state index < -0.39 is 10.0 Å². The summed E-state index contributed by atoms with van der Waals surface area (Å²) < 4.78 is 27.5. The van der Waals surface area contributed by atoms with Crippen molar-refractivity contribution in [1.29, 1.82) is 0 Å². The number of nitrogens with one attached hydrogen (secondary N) is 1. The maximum atomic E-state index is 12.4. The second kappa shape index (κ2) is 5.14. The number of nitrogens with two attached hydrogens (primary N) is 1. The Morgan fingerprint density at radius 1 is 1.30 bits per heavy atom. The minimum atomic E-state index is -3.71. The van der Waals surface area contributed by atoms with Gasteiger partial charge in [-0.1, -0.05) is 43.1 Å². The van der Waals surface area contributed by atoms with E-state index in [1.807, 2.05) is 13.8 Å². The van der Waals surface area contributed by atoms with E-state index in [4.69, 9.17) is 28.9 Å². The van der Waals surface area contributed by atoms with Crippen molar-refractivity contribution in [1.82, 2.24) is 4.72 Å². The summed E-state index contributed by atoms with van der Waals surface area (Å²) in [5, 5.41) is 0.319. The minimum Gasteiger partial charge on any atom is -0.327 e. The molecule has 1 aliphatic carbocycles. The molecule has 1 aromatic carbocycles. The molecule has 0 radical (unpaired) electrons. The number of halogens is 2. The number of hydrogen-bond acceptors (Lipinski definition) is 3. The normalized spacial score (nSPS) is 25.3. The van der Waals surface area contributed by atoms with E-state index >= 15 is 0 Å². The van der Waals surface area contributed by atoms with Gasteiger partial charge in [-0.15, -0.1) is 0 Å². The predicted molar refractivity (Wildman–Crippen MR) is 81.7 cm³/mol. The molecule has 1 aromatic rings. The fourth-order valence-corrected chi connectivity index (χ4v) is 4.47. The molecule has 4 nitrogen and oxygen atoms in total. The van der Waals surface area contributed by atoms with E-state index in [0.717, 1.165) is 5.56 Å². The van der Waals surface area contributed by atoms with Crippen molar-refractivity contribution in [3.05, 3.63) is 27.7 Å². The molecule has 0 saturated heterocycles. The molecule has 1 saturated carbocycles. The monoisotopic (exact) mass is 336 g/mol. The van der Waals surface area contributed by atoms with Gasteiger partial charge in [0.05, 0.1) is 10.0 Å². The van der Waals surface area contributed by atoms with Gasteiger partial charge in [-0.05, 0) is 30.4 Å². The first-order chi connectivity index (χ1) is 9.07. The highest BCUT2D eigenvalue weighted by molar-refractivity contribution is 7.89. The molecule has 0 aromatic heterocycles. The first kappa shape index (κ1) is 16.0. The van der Waals surface area contributed by atoms with Crippen LogP contribution in [-0.4, -0.2) is 20.5 Å². The van der Waals surface area contributed by atoms with Gasteiger partial charge in [0.25, 0.3) is 0 Å². The summed E-state index contributed by atoms with van der Waals surface area (Å²) in [5.74, 6) is 0. The topological polar surface area (TPSA) is 72.2 Å². The lowest BCUT2D eigenvalue weighted by molar-refractivity contribution is 0.0903. The molecule has 20 heavy (non-hydrogen) atoms. The number of benzene rings is 1. The highest BCUT2D eigenvalue weighted by Gasteiger charge is 2.47. The van der Waals surface area contributed by atoms with E-state index in [0.29, 0.717) is 6.42 Å². The van der Waals surface area contributed by atoms with Crippen molar-refractivity contribution in [2.24, 2.45) is 11.1 Å². The highest BCUT2D eigenvalue weighted by Crippen LogP contribution is 2.40. The Kier molecular flexibility index (Phi) is 4.13. The third kappa shape index (κ3) is 2.57. The van der Waals surface area contributed by atoms with Crippen molar-refractivity contribution in [3.63, 3.8) is 0 Å². The molecular formula is C13H18Cl2N2O2S. The molecule has 112 valence electrons. The highest BCUT2D eigenvalue weighted by atomic mass is 35.5. The van der Waals surface area contributed by atoms with Crippen LogP contribution in [0.3, 0.4) is 0 Å². The summed E-state index contributed by atoms with van der Waals surface area (Å²) in [7, 11) is -3.71. The zero-order valence-corrected chi connectivity index (χ0v) is 13.9. The van der Waals surface area contributed by atoms with Crippen LogP contribution in [0, 0.1) is 12.3 Å². The Balaban J connectivity index is 2.31. The second-order valence-electron chi connectivity index (χ2n) is 5.85. The Hall–Kier alpha value is -0.330. The van der Waals surface area contributed by atoms with Crippen LogP contribution in [0.15, 0.2) is 17.0 Å². The summed E-state index contributed by atoms with van der Waals surface area (Å²) in [5.41, 5.74) is 6.36. The first-order valence-corrected chi connectivity index (χ1v) is 8.54. The molecule has 1 fully saturated rings. The number of rotatable bonds is 3. The molecule has 0 heterocycles. The van der Waals surface area contributed by atoms with Crippen molar-refractivity contribution in [2.45, 2.75) is 44.2 Å². The Labute approximate surface area is 129 Å². The van der Waals surface area contributed by atoms with E-state index in [2.05, 4.69) is 4.72 Å². The summed E-state index contributed by atoms with van der Waals surface area (Å²) in [6.07, 6.45) is 0.615. The van der Waals surface area contributed by atoms with Gasteiger partial charge in [-0.3, -0.25) is 0 Å². The standard InChI is InChI=1S/C13H18Cl2N2O2S/c1-7-4-5-8(12(15)11(7)14)20(18,19)17-10-6-9(16)13(10,2)3/h4-5,9-10,17H,6,16H2,1-3H3. The molecule has 0 aliphatic heterocycles. The van der Waals surface area contributed by atoms with E-state index in [9.17, 15) is 8.42 Å². The zero-order valence-electron chi connectivity index (χ0n) is 11.6. The zero-order chi connectivity index (χ0) is 15.3. The quantitative estimate of drug-likeness (QED) is 0.891. The van der Waals surface area contributed by atoms with Crippen LogP contribution in [0.1, 0.15) is 25.8 Å². The molecule has 2 atom stereocenters. The van der Waals surface area contributed by atoms with Gasteiger partial charge in [0.1, 0.15) is 4.90 Å². The predicted octanol–water partition coefficient (Wildman–Crippen LogP) is 2.71. The van der Waals surface area contributed by atoms with Crippen LogP contribution in [0.4, 0.5) is 0 Å². The van der Waals surface area contributed by atoms with E-state index in [-0.39, 0.29) is 32.4 Å². The smallest absolute Gasteiger partial charge is 0.242 e. The maximum absolute atomic E-state index is 12.4. The molecule has 3 N–H and O–H groups in total. The lowest BCUT2D eigenvalue weighted by atomic mass is 9.64. The SMILES string of the molecule is Cc1ccc(S(=O)(=O)NC2CC(N)C2(C)C)c(Cl)c1Cl. The van der Waals surface area contributed by atoms with Gasteiger partial charge in [-0.2, -0.15) is 0 Å².